The Morgan fingerprint density at radius 2 is 2.00 bits per heavy atom. The van der Waals surface area contributed by atoms with E-state index < -0.39 is 0 Å². The van der Waals surface area contributed by atoms with Crippen LogP contribution in [0.25, 0.3) is 0 Å². The molecule has 0 radical (unpaired) electrons. The van der Waals surface area contributed by atoms with Crippen molar-refractivity contribution in [3.05, 3.63) is 29.8 Å². The highest BCUT2D eigenvalue weighted by molar-refractivity contribution is 5.30. The Bertz CT molecular complexity index is 416. The van der Waals surface area contributed by atoms with Crippen LogP contribution in [0.1, 0.15) is 52.1 Å². The molecule has 1 N–H and O–H groups in total. The molecule has 3 unspecified atom stereocenters. The van der Waals surface area contributed by atoms with Crippen LogP contribution in [0.5, 0.6) is 5.75 Å². The third-order valence-electron chi connectivity index (χ3n) is 4.09. The monoisotopic (exact) mass is 291 g/mol. The minimum absolute atomic E-state index is 0.216. The van der Waals surface area contributed by atoms with Gasteiger partial charge in [0, 0.05) is 18.6 Å². The number of benzene rings is 1. The Morgan fingerprint density at radius 3 is 2.52 bits per heavy atom. The zero-order chi connectivity index (χ0) is 15.2. The van der Waals surface area contributed by atoms with E-state index in [0.717, 1.165) is 31.7 Å². The van der Waals surface area contributed by atoms with Crippen LogP contribution < -0.4 is 10.1 Å². The molecule has 0 spiro atoms. The van der Waals surface area contributed by atoms with Crippen molar-refractivity contribution in [2.75, 3.05) is 13.2 Å². The maximum atomic E-state index is 5.76. The van der Waals surface area contributed by atoms with E-state index in [-0.39, 0.29) is 6.10 Å². The van der Waals surface area contributed by atoms with Gasteiger partial charge in [-0.25, -0.2) is 0 Å². The van der Waals surface area contributed by atoms with Gasteiger partial charge in [0.25, 0.3) is 0 Å². The van der Waals surface area contributed by atoms with Crippen molar-refractivity contribution < 1.29 is 9.47 Å². The minimum atomic E-state index is 0.216. The molecule has 1 heterocycles. The van der Waals surface area contributed by atoms with Crippen molar-refractivity contribution in [3.63, 3.8) is 0 Å². The van der Waals surface area contributed by atoms with Crippen molar-refractivity contribution in [1.29, 1.82) is 0 Å². The van der Waals surface area contributed by atoms with E-state index in [0.29, 0.717) is 18.1 Å². The summed E-state index contributed by atoms with van der Waals surface area (Å²) in [5.41, 5.74) is 1.34. The first-order valence-electron chi connectivity index (χ1n) is 8.23. The third-order valence-corrected chi connectivity index (χ3v) is 4.09. The Hall–Kier alpha value is -1.06. The normalized spacial score (nSPS) is 23.5. The summed E-state index contributed by atoms with van der Waals surface area (Å²) in [5, 5.41) is 3.70. The Balaban J connectivity index is 2.12. The van der Waals surface area contributed by atoms with E-state index in [4.69, 9.17) is 9.47 Å². The summed E-state index contributed by atoms with van der Waals surface area (Å²) in [6.45, 7) is 10.4. The average Bonchev–Trinajstić information content (AvgIpc) is 2.87. The van der Waals surface area contributed by atoms with Crippen LogP contribution in [-0.4, -0.2) is 25.4 Å². The second-order valence-corrected chi connectivity index (χ2v) is 6.20. The van der Waals surface area contributed by atoms with Crippen molar-refractivity contribution in [2.45, 2.75) is 58.8 Å². The van der Waals surface area contributed by atoms with E-state index in [2.05, 4.69) is 57.3 Å². The summed E-state index contributed by atoms with van der Waals surface area (Å²) in [7, 11) is 0. The van der Waals surface area contributed by atoms with E-state index in [1.165, 1.54) is 5.56 Å². The van der Waals surface area contributed by atoms with Crippen molar-refractivity contribution in [1.82, 2.24) is 5.32 Å². The van der Waals surface area contributed by atoms with E-state index in [9.17, 15) is 0 Å². The number of nitrogens with one attached hydrogen (secondary N) is 1. The molecule has 3 nitrogen and oxygen atoms in total. The first-order chi connectivity index (χ1) is 10.1. The smallest absolute Gasteiger partial charge is 0.119 e. The van der Waals surface area contributed by atoms with Crippen LogP contribution in [0.2, 0.25) is 0 Å². The van der Waals surface area contributed by atoms with Gasteiger partial charge in [0.1, 0.15) is 5.75 Å². The quantitative estimate of drug-likeness (QED) is 0.825. The lowest BCUT2D eigenvalue weighted by Gasteiger charge is -2.27. The fourth-order valence-corrected chi connectivity index (χ4v) is 3.03. The number of hydrogen-bond acceptors (Lipinski definition) is 3. The van der Waals surface area contributed by atoms with Crippen LogP contribution in [0, 0.1) is 5.92 Å². The van der Waals surface area contributed by atoms with Gasteiger partial charge in [-0.3, -0.25) is 0 Å². The van der Waals surface area contributed by atoms with Gasteiger partial charge >= 0.3 is 0 Å². The maximum absolute atomic E-state index is 5.76. The molecule has 0 aliphatic carbocycles. The molecule has 1 aliphatic heterocycles. The van der Waals surface area contributed by atoms with Gasteiger partial charge in [-0.1, -0.05) is 19.1 Å². The summed E-state index contributed by atoms with van der Waals surface area (Å²) in [5.74, 6) is 1.49. The SMILES string of the molecule is CCCNC(c1ccc(OC(C)C)cc1)C1CCOC1C. The zero-order valence-electron chi connectivity index (χ0n) is 13.8. The highest BCUT2D eigenvalue weighted by Gasteiger charge is 2.32. The third kappa shape index (κ3) is 4.45. The number of hydrogen-bond donors (Lipinski definition) is 1. The van der Waals surface area contributed by atoms with Crippen LogP contribution in [0.4, 0.5) is 0 Å². The molecule has 1 aromatic carbocycles. The highest BCUT2D eigenvalue weighted by atomic mass is 16.5. The van der Waals surface area contributed by atoms with Gasteiger partial charge in [-0.15, -0.1) is 0 Å². The molecule has 0 aromatic heterocycles. The lowest BCUT2D eigenvalue weighted by molar-refractivity contribution is 0.0953. The van der Waals surface area contributed by atoms with Gasteiger partial charge in [0.15, 0.2) is 0 Å². The molecule has 2 rings (SSSR count). The van der Waals surface area contributed by atoms with Crippen LogP contribution in [0.3, 0.4) is 0 Å². The summed E-state index contributed by atoms with van der Waals surface area (Å²) in [4.78, 5) is 0. The Kier molecular flexibility index (Phi) is 6.07. The molecular formula is C18H29NO2. The number of ether oxygens (including phenoxy) is 2. The molecule has 1 aliphatic rings. The maximum Gasteiger partial charge on any atom is 0.119 e. The van der Waals surface area contributed by atoms with Crippen molar-refractivity contribution in [3.8, 4) is 5.75 Å². The summed E-state index contributed by atoms with van der Waals surface area (Å²) >= 11 is 0. The van der Waals surface area contributed by atoms with Gasteiger partial charge < -0.3 is 14.8 Å². The predicted molar refractivity (Wildman–Crippen MR) is 86.8 cm³/mol. The van der Waals surface area contributed by atoms with E-state index in [1.807, 2.05) is 0 Å². The topological polar surface area (TPSA) is 30.5 Å². The largest absolute Gasteiger partial charge is 0.491 e. The first kappa shape index (κ1) is 16.3. The fraction of sp³-hybridized carbons (Fsp3) is 0.667. The molecule has 118 valence electrons. The molecule has 0 bridgehead atoms. The number of rotatable bonds is 7. The standard InChI is InChI=1S/C18H29NO2/c1-5-11-19-18(17-10-12-20-14(17)4)15-6-8-16(9-7-15)21-13(2)3/h6-9,13-14,17-19H,5,10-12H2,1-4H3. The second kappa shape index (κ2) is 7.81. The fourth-order valence-electron chi connectivity index (χ4n) is 3.03. The van der Waals surface area contributed by atoms with Gasteiger partial charge in [0.05, 0.1) is 12.2 Å². The summed E-state index contributed by atoms with van der Waals surface area (Å²) < 4.78 is 11.5. The average molecular weight is 291 g/mol. The summed E-state index contributed by atoms with van der Waals surface area (Å²) in [6, 6.07) is 8.91. The lowest BCUT2D eigenvalue weighted by atomic mass is 9.88. The van der Waals surface area contributed by atoms with E-state index in [1.54, 1.807) is 0 Å². The molecule has 0 amide bonds. The zero-order valence-corrected chi connectivity index (χ0v) is 13.8. The Morgan fingerprint density at radius 1 is 1.29 bits per heavy atom. The van der Waals surface area contributed by atoms with E-state index >= 15 is 0 Å². The molecular weight excluding hydrogens is 262 g/mol. The van der Waals surface area contributed by atoms with Crippen molar-refractivity contribution in [2.24, 2.45) is 5.92 Å². The van der Waals surface area contributed by atoms with Crippen LogP contribution in [-0.2, 0) is 4.74 Å². The molecule has 3 atom stereocenters. The molecule has 0 saturated carbocycles. The Labute approximate surface area is 129 Å². The van der Waals surface area contributed by atoms with Gasteiger partial charge in [-0.2, -0.15) is 0 Å². The van der Waals surface area contributed by atoms with Gasteiger partial charge in [-0.05, 0) is 57.9 Å². The molecule has 1 saturated heterocycles. The molecule has 1 fully saturated rings. The highest BCUT2D eigenvalue weighted by Crippen LogP contribution is 2.34. The van der Waals surface area contributed by atoms with Crippen LogP contribution in [0.15, 0.2) is 24.3 Å². The molecule has 21 heavy (non-hydrogen) atoms. The lowest BCUT2D eigenvalue weighted by Crippen LogP contribution is -2.32. The molecule has 1 aromatic rings. The second-order valence-electron chi connectivity index (χ2n) is 6.20. The predicted octanol–water partition coefficient (Wildman–Crippen LogP) is 3.94. The van der Waals surface area contributed by atoms with Crippen molar-refractivity contribution >= 4 is 0 Å². The summed E-state index contributed by atoms with van der Waals surface area (Å²) in [6.07, 6.45) is 2.82. The van der Waals surface area contributed by atoms with Gasteiger partial charge in [0.2, 0.25) is 0 Å². The first-order valence-corrected chi connectivity index (χ1v) is 8.23. The minimum Gasteiger partial charge on any atom is -0.491 e. The molecule has 3 heteroatoms. The van der Waals surface area contributed by atoms with Crippen LogP contribution >= 0.6 is 0 Å².